The molecule has 1 atom stereocenters. The van der Waals surface area contributed by atoms with Crippen molar-refractivity contribution >= 4 is 0 Å². The molecule has 2 aromatic rings. The highest BCUT2D eigenvalue weighted by Gasteiger charge is 2.25. The molecule has 20 heavy (non-hydrogen) atoms. The highest BCUT2D eigenvalue weighted by Crippen LogP contribution is 2.29. The molecule has 0 spiro atoms. The Hall–Kier alpha value is -1.60. The fraction of sp³-hybridized carbons (Fsp3) is 0.368. The van der Waals surface area contributed by atoms with Gasteiger partial charge in [-0.15, -0.1) is 0 Å². The molecule has 1 nitrogen and oxygen atoms in total. The predicted molar refractivity (Wildman–Crippen MR) is 87.1 cm³/mol. The van der Waals surface area contributed by atoms with Gasteiger partial charge < -0.3 is 5.73 Å². The molecular weight excluding hydrogens is 242 g/mol. The normalized spacial score (nSPS) is 14.1. The van der Waals surface area contributed by atoms with Crippen molar-refractivity contribution in [2.45, 2.75) is 46.6 Å². The maximum atomic E-state index is 6.68. The first kappa shape index (κ1) is 14.8. The van der Waals surface area contributed by atoms with Crippen LogP contribution < -0.4 is 5.73 Å². The SMILES string of the molecule is Cc1ccc(C)c(C(C)(N)Cc2c(C)cccc2C)c1. The summed E-state index contributed by atoms with van der Waals surface area (Å²) >= 11 is 0. The van der Waals surface area contributed by atoms with Crippen LogP contribution in [0.5, 0.6) is 0 Å². The van der Waals surface area contributed by atoms with Crippen LogP contribution in [0.3, 0.4) is 0 Å². The zero-order valence-electron chi connectivity index (χ0n) is 13.2. The van der Waals surface area contributed by atoms with E-state index in [9.17, 15) is 0 Å². The van der Waals surface area contributed by atoms with Crippen molar-refractivity contribution in [3.63, 3.8) is 0 Å². The van der Waals surface area contributed by atoms with Crippen LogP contribution in [0.2, 0.25) is 0 Å². The molecule has 2 aromatic carbocycles. The summed E-state index contributed by atoms with van der Waals surface area (Å²) in [6.45, 7) is 10.7. The van der Waals surface area contributed by atoms with Crippen LogP contribution in [0.15, 0.2) is 36.4 Å². The van der Waals surface area contributed by atoms with E-state index in [-0.39, 0.29) is 5.54 Å². The van der Waals surface area contributed by atoms with Crippen LogP contribution in [-0.4, -0.2) is 0 Å². The minimum Gasteiger partial charge on any atom is -0.321 e. The van der Waals surface area contributed by atoms with Gasteiger partial charge in [0.1, 0.15) is 0 Å². The average Bonchev–Trinajstić information content (AvgIpc) is 2.37. The highest BCUT2D eigenvalue weighted by molar-refractivity contribution is 5.40. The Kier molecular flexibility index (Phi) is 4.01. The Bertz CT molecular complexity index is 603. The monoisotopic (exact) mass is 267 g/mol. The first-order valence-electron chi connectivity index (χ1n) is 7.23. The van der Waals surface area contributed by atoms with Gasteiger partial charge in [0.15, 0.2) is 0 Å². The predicted octanol–water partition coefficient (Wildman–Crippen LogP) is 4.34. The Morgan fingerprint density at radius 2 is 1.50 bits per heavy atom. The molecule has 0 fully saturated rings. The topological polar surface area (TPSA) is 26.0 Å². The van der Waals surface area contributed by atoms with Crippen molar-refractivity contribution in [1.29, 1.82) is 0 Å². The number of aryl methyl sites for hydroxylation is 4. The van der Waals surface area contributed by atoms with Crippen LogP contribution in [0, 0.1) is 27.7 Å². The summed E-state index contributed by atoms with van der Waals surface area (Å²) in [6, 6.07) is 13.0. The zero-order valence-corrected chi connectivity index (χ0v) is 13.2. The fourth-order valence-corrected chi connectivity index (χ4v) is 2.94. The van der Waals surface area contributed by atoms with Gasteiger partial charge in [0.2, 0.25) is 0 Å². The van der Waals surface area contributed by atoms with Crippen LogP contribution in [-0.2, 0) is 12.0 Å². The summed E-state index contributed by atoms with van der Waals surface area (Å²) in [6.07, 6.45) is 0.871. The zero-order chi connectivity index (χ0) is 14.9. The maximum absolute atomic E-state index is 6.68. The summed E-state index contributed by atoms with van der Waals surface area (Å²) in [5.74, 6) is 0. The Balaban J connectivity index is 2.43. The van der Waals surface area contributed by atoms with Crippen molar-refractivity contribution in [1.82, 2.24) is 0 Å². The number of benzene rings is 2. The molecule has 1 unspecified atom stereocenters. The van der Waals surface area contributed by atoms with E-state index in [0.29, 0.717) is 0 Å². The number of hydrogen-bond donors (Lipinski definition) is 1. The van der Waals surface area contributed by atoms with Gasteiger partial charge in [0, 0.05) is 5.54 Å². The summed E-state index contributed by atoms with van der Waals surface area (Å²) in [5, 5.41) is 0. The second-order valence-electron chi connectivity index (χ2n) is 6.28. The lowest BCUT2D eigenvalue weighted by Crippen LogP contribution is -2.36. The third-order valence-electron chi connectivity index (χ3n) is 4.20. The van der Waals surface area contributed by atoms with Gasteiger partial charge in [0.05, 0.1) is 0 Å². The molecule has 106 valence electrons. The number of rotatable bonds is 3. The molecular formula is C19H25N. The smallest absolute Gasteiger partial charge is 0.0424 e. The minimum atomic E-state index is -0.340. The largest absolute Gasteiger partial charge is 0.321 e. The van der Waals surface area contributed by atoms with Crippen molar-refractivity contribution in [2.24, 2.45) is 5.73 Å². The summed E-state index contributed by atoms with van der Waals surface area (Å²) < 4.78 is 0. The summed E-state index contributed by atoms with van der Waals surface area (Å²) in [7, 11) is 0. The molecule has 2 N–H and O–H groups in total. The van der Waals surface area contributed by atoms with Gasteiger partial charge >= 0.3 is 0 Å². The Morgan fingerprint density at radius 3 is 2.10 bits per heavy atom. The van der Waals surface area contributed by atoms with E-state index in [2.05, 4.69) is 71.0 Å². The molecule has 0 saturated heterocycles. The molecule has 0 aliphatic heterocycles. The molecule has 0 saturated carbocycles. The second kappa shape index (κ2) is 5.41. The van der Waals surface area contributed by atoms with Gasteiger partial charge in [0.25, 0.3) is 0 Å². The molecule has 0 aliphatic carbocycles. The number of nitrogens with two attached hydrogens (primary N) is 1. The maximum Gasteiger partial charge on any atom is 0.0424 e. The van der Waals surface area contributed by atoms with Crippen LogP contribution in [0.4, 0.5) is 0 Å². The van der Waals surface area contributed by atoms with Crippen molar-refractivity contribution in [3.8, 4) is 0 Å². The molecule has 0 heterocycles. The molecule has 0 amide bonds. The third kappa shape index (κ3) is 2.94. The third-order valence-corrected chi connectivity index (χ3v) is 4.20. The Labute approximate surface area is 122 Å². The highest BCUT2D eigenvalue weighted by atomic mass is 14.7. The van der Waals surface area contributed by atoms with Gasteiger partial charge in [-0.05, 0) is 68.9 Å². The second-order valence-corrected chi connectivity index (χ2v) is 6.28. The lowest BCUT2D eigenvalue weighted by Gasteiger charge is -2.29. The molecule has 2 rings (SSSR count). The quantitative estimate of drug-likeness (QED) is 0.879. The van der Waals surface area contributed by atoms with E-state index in [4.69, 9.17) is 5.73 Å². The van der Waals surface area contributed by atoms with E-state index in [1.807, 2.05) is 0 Å². The van der Waals surface area contributed by atoms with E-state index in [1.54, 1.807) is 0 Å². The first-order chi connectivity index (χ1) is 9.31. The minimum absolute atomic E-state index is 0.340. The molecule has 0 bridgehead atoms. The van der Waals surface area contributed by atoms with Crippen molar-refractivity contribution in [3.05, 3.63) is 69.8 Å². The fourth-order valence-electron chi connectivity index (χ4n) is 2.94. The number of hydrogen-bond acceptors (Lipinski definition) is 1. The summed E-state index contributed by atoms with van der Waals surface area (Å²) in [5.41, 5.74) is 14.2. The molecule has 0 aliphatic rings. The summed E-state index contributed by atoms with van der Waals surface area (Å²) in [4.78, 5) is 0. The van der Waals surface area contributed by atoms with E-state index >= 15 is 0 Å². The van der Waals surface area contributed by atoms with Crippen molar-refractivity contribution in [2.75, 3.05) is 0 Å². The molecule has 0 aromatic heterocycles. The van der Waals surface area contributed by atoms with Gasteiger partial charge in [-0.25, -0.2) is 0 Å². The average molecular weight is 267 g/mol. The molecule has 1 heteroatoms. The van der Waals surface area contributed by atoms with E-state index in [0.717, 1.165) is 6.42 Å². The van der Waals surface area contributed by atoms with Crippen molar-refractivity contribution < 1.29 is 0 Å². The van der Waals surface area contributed by atoms with Gasteiger partial charge in [-0.2, -0.15) is 0 Å². The van der Waals surface area contributed by atoms with Crippen LogP contribution in [0.1, 0.15) is 40.3 Å². The first-order valence-corrected chi connectivity index (χ1v) is 7.23. The standard InChI is InChI=1S/C19H25N/c1-13-9-10-16(4)18(11-13)19(5,20)12-17-14(2)7-6-8-15(17)3/h6-11H,12,20H2,1-5H3. The van der Waals surface area contributed by atoms with Crippen LogP contribution >= 0.6 is 0 Å². The Morgan fingerprint density at radius 1 is 0.900 bits per heavy atom. The van der Waals surface area contributed by atoms with E-state index < -0.39 is 0 Å². The van der Waals surface area contributed by atoms with Crippen LogP contribution in [0.25, 0.3) is 0 Å². The lowest BCUT2D eigenvalue weighted by atomic mass is 9.81. The van der Waals surface area contributed by atoms with E-state index in [1.165, 1.54) is 33.4 Å². The van der Waals surface area contributed by atoms with Gasteiger partial charge in [-0.3, -0.25) is 0 Å². The lowest BCUT2D eigenvalue weighted by molar-refractivity contribution is 0.486. The molecule has 0 radical (unpaired) electrons. The van der Waals surface area contributed by atoms with Gasteiger partial charge in [-0.1, -0.05) is 42.0 Å².